The normalized spacial score (nSPS) is 11.7. The molecule has 2 aromatic rings. The molecule has 0 radical (unpaired) electrons. The lowest BCUT2D eigenvalue weighted by Crippen LogP contribution is -2.28. The third-order valence-corrected chi connectivity index (χ3v) is 2.74. The molecule has 4 heteroatoms. The van der Waals surface area contributed by atoms with Gasteiger partial charge in [0.05, 0.1) is 7.11 Å². The van der Waals surface area contributed by atoms with Crippen LogP contribution in [0.5, 0.6) is 5.75 Å². The number of carbonyl (C=O) groups is 1. The van der Waals surface area contributed by atoms with E-state index in [4.69, 9.17) is 4.74 Å². The third-order valence-electron chi connectivity index (χ3n) is 2.74. The van der Waals surface area contributed by atoms with Gasteiger partial charge in [-0.05, 0) is 24.3 Å². The van der Waals surface area contributed by atoms with Crippen molar-refractivity contribution in [3.05, 3.63) is 65.7 Å². The predicted octanol–water partition coefficient (Wildman–Crippen LogP) is 2.12. The van der Waals surface area contributed by atoms with Crippen LogP contribution in [0, 0.1) is 0 Å². The minimum atomic E-state index is -1.04. The molecule has 1 atom stereocenters. The van der Waals surface area contributed by atoms with Crippen molar-refractivity contribution >= 4 is 5.91 Å². The lowest BCUT2D eigenvalue weighted by molar-refractivity contribution is 0.0783. The van der Waals surface area contributed by atoms with Gasteiger partial charge in [0.1, 0.15) is 5.75 Å². The van der Waals surface area contributed by atoms with Gasteiger partial charge in [0.25, 0.3) is 5.91 Å². The Kier molecular flexibility index (Phi) is 4.15. The van der Waals surface area contributed by atoms with Crippen LogP contribution in [0.4, 0.5) is 0 Å². The number of hydrogen-bond acceptors (Lipinski definition) is 3. The number of benzene rings is 2. The molecule has 0 fully saturated rings. The first kappa shape index (κ1) is 13.1. The van der Waals surface area contributed by atoms with E-state index in [-0.39, 0.29) is 5.91 Å². The first-order chi connectivity index (χ1) is 9.20. The number of amides is 1. The van der Waals surface area contributed by atoms with Gasteiger partial charge in [0.15, 0.2) is 6.23 Å². The molecular formula is C15H15NO3. The molecule has 0 aliphatic heterocycles. The molecule has 0 saturated heterocycles. The second-order valence-corrected chi connectivity index (χ2v) is 4.02. The van der Waals surface area contributed by atoms with Gasteiger partial charge in [-0.3, -0.25) is 4.79 Å². The molecule has 19 heavy (non-hydrogen) atoms. The molecule has 0 heterocycles. The molecule has 0 aliphatic carbocycles. The van der Waals surface area contributed by atoms with Crippen molar-refractivity contribution in [2.75, 3.05) is 7.11 Å². The Morgan fingerprint density at radius 3 is 2.32 bits per heavy atom. The summed E-state index contributed by atoms with van der Waals surface area (Å²) in [4.78, 5) is 11.9. The highest BCUT2D eigenvalue weighted by molar-refractivity contribution is 5.94. The Hall–Kier alpha value is -2.33. The monoisotopic (exact) mass is 257 g/mol. The summed E-state index contributed by atoms with van der Waals surface area (Å²) >= 11 is 0. The minimum Gasteiger partial charge on any atom is -0.497 e. The van der Waals surface area contributed by atoms with Crippen LogP contribution in [0.15, 0.2) is 54.6 Å². The fourth-order valence-electron chi connectivity index (χ4n) is 1.67. The minimum absolute atomic E-state index is 0.316. The topological polar surface area (TPSA) is 58.6 Å². The standard InChI is InChI=1S/C15H15NO3/c1-19-13-9-7-12(8-10-13)15(18)16-14(17)11-5-3-2-4-6-11/h2-10,15,18H,1H3,(H,16,17). The summed E-state index contributed by atoms with van der Waals surface area (Å²) in [5.74, 6) is 0.384. The summed E-state index contributed by atoms with van der Waals surface area (Å²) in [6.07, 6.45) is -1.04. The summed E-state index contributed by atoms with van der Waals surface area (Å²) < 4.78 is 5.03. The van der Waals surface area contributed by atoms with Crippen molar-refractivity contribution in [1.82, 2.24) is 5.32 Å². The Balaban J connectivity index is 2.04. The van der Waals surface area contributed by atoms with E-state index >= 15 is 0 Å². The van der Waals surface area contributed by atoms with Crippen molar-refractivity contribution in [1.29, 1.82) is 0 Å². The van der Waals surface area contributed by atoms with E-state index in [2.05, 4.69) is 5.32 Å². The Morgan fingerprint density at radius 2 is 1.74 bits per heavy atom. The summed E-state index contributed by atoms with van der Waals surface area (Å²) in [6, 6.07) is 15.6. The number of ether oxygens (including phenoxy) is 1. The fraction of sp³-hybridized carbons (Fsp3) is 0.133. The molecule has 4 nitrogen and oxygen atoms in total. The van der Waals surface area contributed by atoms with Crippen LogP contribution < -0.4 is 10.1 Å². The van der Waals surface area contributed by atoms with E-state index in [0.717, 1.165) is 0 Å². The summed E-state index contributed by atoms with van der Waals surface area (Å²) in [5.41, 5.74) is 1.11. The second-order valence-electron chi connectivity index (χ2n) is 4.02. The van der Waals surface area contributed by atoms with E-state index < -0.39 is 6.23 Å². The van der Waals surface area contributed by atoms with E-state index in [0.29, 0.717) is 16.9 Å². The maximum absolute atomic E-state index is 11.9. The lowest BCUT2D eigenvalue weighted by atomic mass is 10.1. The molecule has 0 aliphatic rings. The number of nitrogens with one attached hydrogen (secondary N) is 1. The highest BCUT2D eigenvalue weighted by Gasteiger charge is 2.12. The van der Waals surface area contributed by atoms with Crippen LogP contribution in [0.3, 0.4) is 0 Å². The van der Waals surface area contributed by atoms with Crippen molar-refractivity contribution in [2.24, 2.45) is 0 Å². The maximum Gasteiger partial charge on any atom is 0.253 e. The lowest BCUT2D eigenvalue weighted by Gasteiger charge is -2.13. The van der Waals surface area contributed by atoms with Gasteiger partial charge < -0.3 is 15.2 Å². The Morgan fingerprint density at radius 1 is 1.11 bits per heavy atom. The van der Waals surface area contributed by atoms with E-state index in [9.17, 15) is 9.90 Å². The molecule has 0 aromatic heterocycles. The predicted molar refractivity (Wildman–Crippen MR) is 71.9 cm³/mol. The first-order valence-corrected chi connectivity index (χ1v) is 5.88. The molecule has 0 bridgehead atoms. The third kappa shape index (κ3) is 3.33. The Labute approximate surface area is 111 Å². The zero-order valence-electron chi connectivity index (χ0n) is 10.5. The molecule has 0 spiro atoms. The van der Waals surface area contributed by atoms with E-state index in [1.165, 1.54) is 0 Å². The van der Waals surface area contributed by atoms with Crippen LogP contribution in [-0.2, 0) is 0 Å². The number of aliphatic hydroxyl groups excluding tert-OH is 1. The highest BCUT2D eigenvalue weighted by Crippen LogP contribution is 2.16. The van der Waals surface area contributed by atoms with Gasteiger partial charge in [0.2, 0.25) is 0 Å². The van der Waals surface area contributed by atoms with Gasteiger partial charge >= 0.3 is 0 Å². The van der Waals surface area contributed by atoms with Crippen LogP contribution in [0.2, 0.25) is 0 Å². The first-order valence-electron chi connectivity index (χ1n) is 5.88. The van der Waals surface area contributed by atoms with Gasteiger partial charge in [-0.1, -0.05) is 30.3 Å². The van der Waals surface area contributed by atoms with Crippen LogP contribution in [0.1, 0.15) is 22.1 Å². The maximum atomic E-state index is 11.9. The number of rotatable bonds is 4. The quantitative estimate of drug-likeness (QED) is 0.825. The van der Waals surface area contributed by atoms with E-state index in [1.807, 2.05) is 6.07 Å². The van der Waals surface area contributed by atoms with Crippen LogP contribution >= 0.6 is 0 Å². The molecule has 2 N–H and O–H groups in total. The SMILES string of the molecule is COc1ccc(C(O)NC(=O)c2ccccc2)cc1. The van der Waals surface area contributed by atoms with Crippen molar-refractivity contribution in [2.45, 2.75) is 6.23 Å². The van der Waals surface area contributed by atoms with Crippen LogP contribution in [0.25, 0.3) is 0 Å². The van der Waals surface area contributed by atoms with Crippen molar-refractivity contribution < 1.29 is 14.6 Å². The van der Waals surface area contributed by atoms with Crippen molar-refractivity contribution in [3.8, 4) is 5.75 Å². The molecule has 1 unspecified atom stereocenters. The molecule has 2 aromatic carbocycles. The summed E-state index contributed by atoms with van der Waals surface area (Å²) in [5, 5.41) is 12.5. The van der Waals surface area contributed by atoms with Gasteiger partial charge in [-0.25, -0.2) is 0 Å². The largest absolute Gasteiger partial charge is 0.497 e. The highest BCUT2D eigenvalue weighted by atomic mass is 16.5. The second kappa shape index (κ2) is 6.02. The average molecular weight is 257 g/mol. The molecule has 2 rings (SSSR count). The molecule has 0 saturated carbocycles. The smallest absolute Gasteiger partial charge is 0.253 e. The molecular weight excluding hydrogens is 242 g/mol. The fourth-order valence-corrected chi connectivity index (χ4v) is 1.67. The van der Waals surface area contributed by atoms with Crippen LogP contribution in [-0.4, -0.2) is 18.1 Å². The Bertz CT molecular complexity index is 537. The average Bonchev–Trinajstić information content (AvgIpc) is 2.48. The zero-order valence-corrected chi connectivity index (χ0v) is 10.5. The van der Waals surface area contributed by atoms with Gasteiger partial charge in [-0.2, -0.15) is 0 Å². The van der Waals surface area contributed by atoms with Gasteiger partial charge in [-0.15, -0.1) is 0 Å². The van der Waals surface area contributed by atoms with E-state index in [1.54, 1.807) is 55.6 Å². The number of aliphatic hydroxyl groups is 1. The molecule has 98 valence electrons. The number of methoxy groups -OCH3 is 1. The van der Waals surface area contributed by atoms with Gasteiger partial charge in [0, 0.05) is 11.1 Å². The van der Waals surface area contributed by atoms with Crippen molar-refractivity contribution in [3.63, 3.8) is 0 Å². The summed E-state index contributed by atoms with van der Waals surface area (Å²) in [7, 11) is 1.57. The summed E-state index contributed by atoms with van der Waals surface area (Å²) in [6.45, 7) is 0. The number of hydrogen-bond donors (Lipinski definition) is 2. The molecule has 1 amide bonds. The number of carbonyl (C=O) groups excluding carboxylic acids is 1. The zero-order chi connectivity index (χ0) is 13.7.